The topological polar surface area (TPSA) is 56.1 Å². The fraction of sp³-hybridized carbons (Fsp3) is 0.692. The first-order chi connectivity index (χ1) is 8.92. The lowest BCUT2D eigenvalue weighted by molar-refractivity contribution is -0.150. The van der Waals surface area contributed by atoms with Crippen molar-refractivity contribution < 1.29 is 9.53 Å². The summed E-state index contributed by atoms with van der Waals surface area (Å²) in [6.45, 7) is 6.08. The number of carbonyl (C=O) groups is 1. The molecule has 1 unspecified atom stereocenters. The molecule has 19 heavy (non-hydrogen) atoms. The van der Waals surface area contributed by atoms with Gasteiger partial charge in [0.25, 0.3) is 0 Å². The number of nitrogens with one attached hydrogen (secondary N) is 1. The Morgan fingerprint density at radius 1 is 1.63 bits per heavy atom. The molecule has 0 aliphatic rings. The van der Waals surface area contributed by atoms with Crippen LogP contribution in [-0.4, -0.2) is 40.7 Å². The van der Waals surface area contributed by atoms with E-state index in [4.69, 9.17) is 4.74 Å². The van der Waals surface area contributed by atoms with Crippen molar-refractivity contribution in [3.05, 3.63) is 11.8 Å². The standard InChI is InChI=1S/C13H23N3O2S/c1-6-18-12(17)13(3,14-4)7-8-19-11-9-10(2)15-16(11)5/h9,14H,6-8H2,1-5H3. The molecule has 0 fully saturated rings. The van der Waals surface area contributed by atoms with Crippen molar-refractivity contribution >= 4 is 17.7 Å². The van der Waals surface area contributed by atoms with Crippen LogP contribution in [0.1, 0.15) is 26.0 Å². The van der Waals surface area contributed by atoms with Gasteiger partial charge in [0, 0.05) is 12.8 Å². The van der Waals surface area contributed by atoms with Crippen LogP contribution in [0.25, 0.3) is 0 Å². The number of likely N-dealkylation sites (N-methyl/N-ethyl adjacent to an activating group) is 1. The van der Waals surface area contributed by atoms with E-state index in [0.717, 1.165) is 16.5 Å². The summed E-state index contributed by atoms with van der Waals surface area (Å²) in [5, 5.41) is 8.47. The zero-order valence-electron chi connectivity index (χ0n) is 12.3. The van der Waals surface area contributed by atoms with Crippen molar-refractivity contribution in [1.82, 2.24) is 15.1 Å². The molecule has 5 nitrogen and oxygen atoms in total. The van der Waals surface area contributed by atoms with E-state index < -0.39 is 5.54 Å². The summed E-state index contributed by atoms with van der Waals surface area (Å²) in [6.07, 6.45) is 0.706. The summed E-state index contributed by atoms with van der Waals surface area (Å²) in [5.74, 6) is 0.633. The summed E-state index contributed by atoms with van der Waals surface area (Å²) in [4.78, 5) is 11.9. The molecule has 1 aromatic heterocycles. The predicted molar refractivity (Wildman–Crippen MR) is 77.4 cm³/mol. The Labute approximate surface area is 119 Å². The number of aromatic nitrogens is 2. The van der Waals surface area contributed by atoms with E-state index >= 15 is 0 Å². The molecule has 1 heterocycles. The van der Waals surface area contributed by atoms with Crippen LogP contribution < -0.4 is 5.32 Å². The smallest absolute Gasteiger partial charge is 0.326 e. The first-order valence-corrected chi connectivity index (χ1v) is 7.41. The number of thioether (sulfide) groups is 1. The van der Waals surface area contributed by atoms with Crippen LogP contribution in [0.3, 0.4) is 0 Å². The number of ether oxygens (including phenoxy) is 1. The molecular formula is C13H23N3O2S. The van der Waals surface area contributed by atoms with Crippen LogP contribution in [0.4, 0.5) is 0 Å². The van der Waals surface area contributed by atoms with Gasteiger partial charge in [-0.2, -0.15) is 5.10 Å². The van der Waals surface area contributed by atoms with Gasteiger partial charge in [-0.05, 0) is 40.3 Å². The van der Waals surface area contributed by atoms with Gasteiger partial charge in [0.15, 0.2) is 0 Å². The molecule has 0 spiro atoms. The number of rotatable bonds is 7. The molecule has 108 valence electrons. The highest BCUT2D eigenvalue weighted by molar-refractivity contribution is 7.99. The van der Waals surface area contributed by atoms with E-state index in [1.54, 1.807) is 18.8 Å². The maximum atomic E-state index is 11.9. The van der Waals surface area contributed by atoms with E-state index in [2.05, 4.69) is 10.4 Å². The summed E-state index contributed by atoms with van der Waals surface area (Å²) in [6, 6.07) is 2.05. The minimum absolute atomic E-state index is 0.195. The second-order valence-electron chi connectivity index (χ2n) is 4.65. The molecule has 0 amide bonds. The second-order valence-corrected chi connectivity index (χ2v) is 5.76. The number of nitrogens with zero attached hydrogens (tertiary/aromatic N) is 2. The van der Waals surface area contributed by atoms with Gasteiger partial charge in [-0.3, -0.25) is 9.48 Å². The normalized spacial score (nSPS) is 14.2. The fourth-order valence-corrected chi connectivity index (χ4v) is 2.90. The summed E-state index contributed by atoms with van der Waals surface area (Å²) >= 11 is 1.70. The first-order valence-electron chi connectivity index (χ1n) is 6.42. The SMILES string of the molecule is CCOC(=O)C(C)(CCSc1cc(C)nn1C)NC. The highest BCUT2D eigenvalue weighted by Crippen LogP contribution is 2.22. The third-order valence-electron chi connectivity index (χ3n) is 3.09. The van der Waals surface area contributed by atoms with Gasteiger partial charge in [-0.1, -0.05) is 0 Å². The third-order valence-corrected chi connectivity index (χ3v) is 4.17. The molecule has 1 rings (SSSR count). The van der Waals surface area contributed by atoms with E-state index in [1.807, 2.05) is 38.6 Å². The number of hydrogen-bond donors (Lipinski definition) is 1. The molecule has 0 saturated heterocycles. The minimum atomic E-state index is -0.628. The molecule has 0 aliphatic heterocycles. The Bertz CT molecular complexity index is 434. The Balaban J connectivity index is 2.54. The monoisotopic (exact) mass is 285 g/mol. The summed E-state index contributed by atoms with van der Waals surface area (Å²) < 4.78 is 6.96. The number of carbonyl (C=O) groups excluding carboxylic acids is 1. The molecule has 0 aromatic carbocycles. The van der Waals surface area contributed by atoms with Gasteiger partial charge in [0.05, 0.1) is 17.3 Å². The van der Waals surface area contributed by atoms with Crippen LogP contribution in [0.15, 0.2) is 11.1 Å². The van der Waals surface area contributed by atoms with Gasteiger partial charge >= 0.3 is 5.97 Å². The Hall–Kier alpha value is -1.01. The van der Waals surface area contributed by atoms with Crippen LogP contribution >= 0.6 is 11.8 Å². The van der Waals surface area contributed by atoms with Crippen molar-refractivity contribution in [2.45, 2.75) is 37.8 Å². The lowest BCUT2D eigenvalue weighted by Gasteiger charge is -2.26. The molecule has 0 saturated carbocycles. The van der Waals surface area contributed by atoms with Crippen LogP contribution in [-0.2, 0) is 16.6 Å². The molecule has 1 aromatic rings. The Kier molecular flexibility index (Phi) is 5.87. The summed E-state index contributed by atoms with van der Waals surface area (Å²) in [7, 11) is 3.72. The molecule has 0 aliphatic carbocycles. The van der Waals surface area contributed by atoms with Crippen molar-refractivity contribution in [2.24, 2.45) is 7.05 Å². The maximum Gasteiger partial charge on any atom is 0.326 e. The molecule has 6 heteroatoms. The van der Waals surface area contributed by atoms with Crippen molar-refractivity contribution in [1.29, 1.82) is 0 Å². The van der Waals surface area contributed by atoms with E-state index in [-0.39, 0.29) is 5.97 Å². The van der Waals surface area contributed by atoms with Gasteiger partial charge in [0.2, 0.25) is 0 Å². The predicted octanol–water partition coefficient (Wildman–Crippen LogP) is 1.75. The van der Waals surface area contributed by atoms with Crippen molar-refractivity contribution in [3.8, 4) is 0 Å². The van der Waals surface area contributed by atoms with Crippen molar-refractivity contribution in [3.63, 3.8) is 0 Å². The second kappa shape index (κ2) is 6.96. The van der Waals surface area contributed by atoms with E-state index in [1.165, 1.54) is 0 Å². The lowest BCUT2D eigenvalue weighted by Crippen LogP contribution is -2.49. The van der Waals surface area contributed by atoms with Gasteiger partial charge < -0.3 is 10.1 Å². The average Bonchev–Trinajstić information content (AvgIpc) is 2.68. The zero-order valence-corrected chi connectivity index (χ0v) is 13.1. The highest BCUT2D eigenvalue weighted by atomic mass is 32.2. The summed E-state index contributed by atoms with van der Waals surface area (Å²) in [5.41, 5.74) is 0.378. The average molecular weight is 285 g/mol. The molecular weight excluding hydrogens is 262 g/mol. The Morgan fingerprint density at radius 3 is 2.79 bits per heavy atom. The molecule has 0 bridgehead atoms. The third kappa shape index (κ3) is 4.24. The van der Waals surface area contributed by atoms with E-state index in [0.29, 0.717) is 13.0 Å². The highest BCUT2D eigenvalue weighted by Gasteiger charge is 2.32. The van der Waals surface area contributed by atoms with Crippen LogP contribution in [0.5, 0.6) is 0 Å². The quantitative estimate of drug-likeness (QED) is 0.611. The maximum absolute atomic E-state index is 11.9. The largest absolute Gasteiger partial charge is 0.465 e. The minimum Gasteiger partial charge on any atom is -0.465 e. The first kappa shape index (κ1) is 16.0. The lowest BCUT2D eigenvalue weighted by atomic mass is 10.00. The molecule has 1 atom stereocenters. The molecule has 0 radical (unpaired) electrons. The van der Waals surface area contributed by atoms with Gasteiger partial charge in [0.1, 0.15) is 5.54 Å². The number of esters is 1. The van der Waals surface area contributed by atoms with Gasteiger partial charge in [-0.25, -0.2) is 0 Å². The van der Waals surface area contributed by atoms with Crippen molar-refractivity contribution in [2.75, 3.05) is 19.4 Å². The van der Waals surface area contributed by atoms with Crippen LogP contribution in [0, 0.1) is 6.92 Å². The van der Waals surface area contributed by atoms with Crippen LogP contribution in [0.2, 0.25) is 0 Å². The van der Waals surface area contributed by atoms with Gasteiger partial charge in [-0.15, -0.1) is 11.8 Å². The Morgan fingerprint density at radius 2 is 2.32 bits per heavy atom. The van der Waals surface area contributed by atoms with E-state index in [9.17, 15) is 4.79 Å². The fourth-order valence-electron chi connectivity index (χ4n) is 1.70. The number of hydrogen-bond acceptors (Lipinski definition) is 5. The zero-order chi connectivity index (χ0) is 14.5. The molecule has 1 N–H and O–H groups in total. The number of aryl methyl sites for hydroxylation is 2.